The van der Waals surface area contributed by atoms with Crippen molar-refractivity contribution in [1.82, 2.24) is 19.7 Å². The zero-order valence-corrected chi connectivity index (χ0v) is 16.3. The maximum absolute atomic E-state index is 12.6. The molecule has 2 aliphatic rings. The van der Waals surface area contributed by atoms with Gasteiger partial charge in [0.1, 0.15) is 19.0 Å². The van der Waals surface area contributed by atoms with Gasteiger partial charge in [-0.1, -0.05) is 24.2 Å². The van der Waals surface area contributed by atoms with Gasteiger partial charge in [0.2, 0.25) is 5.91 Å². The molecule has 3 heterocycles. The average molecular weight is 388 g/mol. The summed E-state index contributed by atoms with van der Waals surface area (Å²) >= 11 is 1.47. The minimum absolute atomic E-state index is 0.0702. The van der Waals surface area contributed by atoms with Crippen molar-refractivity contribution in [2.24, 2.45) is 0 Å². The monoisotopic (exact) mass is 388 g/mol. The topological polar surface area (TPSA) is 69.5 Å². The zero-order chi connectivity index (χ0) is 18.6. The first kappa shape index (κ1) is 18.2. The summed E-state index contributed by atoms with van der Waals surface area (Å²) < 4.78 is 13.3. The van der Waals surface area contributed by atoms with Crippen LogP contribution in [-0.2, 0) is 24.3 Å². The van der Waals surface area contributed by atoms with Crippen LogP contribution in [0.5, 0.6) is 11.5 Å². The third kappa shape index (κ3) is 4.21. The number of aryl methyl sites for hydroxylation is 1. The van der Waals surface area contributed by atoms with Gasteiger partial charge in [0.05, 0.1) is 5.75 Å². The van der Waals surface area contributed by atoms with Gasteiger partial charge in [-0.25, -0.2) is 0 Å². The summed E-state index contributed by atoms with van der Waals surface area (Å²) in [5.41, 5.74) is 1.02. The predicted octanol–water partition coefficient (Wildman–Crippen LogP) is 2.53. The molecule has 27 heavy (non-hydrogen) atoms. The second-order valence-electron chi connectivity index (χ2n) is 6.88. The van der Waals surface area contributed by atoms with Gasteiger partial charge < -0.3 is 18.9 Å². The van der Waals surface area contributed by atoms with Crippen LogP contribution >= 0.6 is 11.8 Å². The average Bonchev–Trinajstić information content (AvgIpc) is 2.92. The molecule has 0 saturated heterocycles. The molecule has 0 bridgehead atoms. The lowest BCUT2D eigenvalue weighted by Crippen LogP contribution is -2.28. The van der Waals surface area contributed by atoms with Crippen LogP contribution in [0.3, 0.4) is 0 Å². The molecule has 0 aliphatic carbocycles. The number of carbonyl (C=O) groups is 1. The van der Waals surface area contributed by atoms with Crippen LogP contribution in [0.1, 0.15) is 30.7 Å². The molecule has 0 radical (unpaired) electrons. The predicted molar refractivity (Wildman–Crippen MR) is 102 cm³/mol. The van der Waals surface area contributed by atoms with Gasteiger partial charge in [-0.15, -0.1) is 10.2 Å². The molecule has 2 aliphatic heterocycles. The molecule has 0 N–H and O–H groups in total. The molecule has 1 aromatic carbocycles. The van der Waals surface area contributed by atoms with Crippen molar-refractivity contribution in [2.45, 2.75) is 43.9 Å². The van der Waals surface area contributed by atoms with E-state index in [1.807, 2.05) is 25.2 Å². The van der Waals surface area contributed by atoms with E-state index < -0.39 is 0 Å². The highest BCUT2D eigenvalue weighted by molar-refractivity contribution is 7.99. The third-order valence-electron chi connectivity index (χ3n) is 4.85. The third-order valence-corrected chi connectivity index (χ3v) is 5.80. The smallest absolute Gasteiger partial charge is 0.233 e. The highest BCUT2D eigenvalue weighted by atomic mass is 32.2. The standard InChI is InChI=1S/C19H24N4O3S/c1-22(12-14-6-7-15-16(11-14)26-10-9-25-15)18(24)13-27-19-21-20-17-5-3-2-4-8-23(17)19/h6-7,11H,2-5,8-10,12-13H2,1H3. The minimum atomic E-state index is 0.0702. The summed E-state index contributed by atoms with van der Waals surface area (Å²) in [5, 5.41) is 9.42. The number of hydrogen-bond donors (Lipinski definition) is 0. The summed E-state index contributed by atoms with van der Waals surface area (Å²) in [6.07, 6.45) is 4.52. The number of nitrogens with zero attached hydrogens (tertiary/aromatic N) is 4. The molecule has 0 fully saturated rings. The van der Waals surface area contributed by atoms with Crippen molar-refractivity contribution in [2.75, 3.05) is 26.0 Å². The van der Waals surface area contributed by atoms with Crippen molar-refractivity contribution < 1.29 is 14.3 Å². The first-order valence-electron chi connectivity index (χ1n) is 9.38. The van der Waals surface area contributed by atoms with Crippen molar-refractivity contribution in [1.29, 1.82) is 0 Å². The number of ether oxygens (including phenoxy) is 2. The van der Waals surface area contributed by atoms with Crippen LogP contribution in [0.4, 0.5) is 0 Å². The fourth-order valence-corrected chi connectivity index (χ4v) is 4.27. The Kier molecular flexibility index (Phi) is 5.52. The lowest BCUT2D eigenvalue weighted by molar-refractivity contribution is -0.127. The van der Waals surface area contributed by atoms with E-state index in [1.165, 1.54) is 24.6 Å². The lowest BCUT2D eigenvalue weighted by Gasteiger charge is -2.21. The van der Waals surface area contributed by atoms with Gasteiger partial charge in [-0.2, -0.15) is 0 Å². The number of rotatable bonds is 5. The number of fused-ring (bicyclic) bond motifs is 2. The quantitative estimate of drug-likeness (QED) is 0.733. The molecule has 8 heteroatoms. The minimum Gasteiger partial charge on any atom is -0.486 e. The van der Waals surface area contributed by atoms with Gasteiger partial charge in [0, 0.05) is 26.6 Å². The molecule has 0 spiro atoms. The Labute approximate surface area is 163 Å². The van der Waals surface area contributed by atoms with Gasteiger partial charge in [0.25, 0.3) is 0 Å². The van der Waals surface area contributed by atoms with E-state index in [-0.39, 0.29) is 5.91 Å². The van der Waals surface area contributed by atoms with Crippen molar-refractivity contribution in [3.8, 4) is 11.5 Å². The van der Waals surface area contributed by atoms with Crippen molar-refractivity contribution in [3.05, 3.63) is 29.6 Å². The van der Waals surface area contributed by atoms with Crippen LogP contribution in [0.25, 0.3) is 0 Å². The molecule has 144 valence electrons. The molecule has 0 saturated carbocycles. The van der Waals surface area contributed by atoms with Crippen LogP contribution < -0.4 is 9.47 Å². The number of hydrogen-bond acceptors (Lipinski definition) is 6. The van der Waals surface area contributed by atoms with Gasteiger partial charge in [-0.3, -0.25) is 4.79 Å². The molecule has 1 aromatic heterocycles. The Bertz CT molecular complexity index is 823. The Morgan fingerprint density at radius 1 is 1.19 bits per heavy atom. The zero-order valence-electron chi connectivity index (χ0n) is 15.5. The Morgan fingerprint density at radius 3 is 2.93 bits per heavy atom. The summed E-state index contributed by atoms with van der Waals surface area (Å²) in [7, 11) is 1.82. The highest BCUT2D eigenvalue weighted by Gasteiger charge is 2.18. The molecule has 1 amide bonds. The number of aromatic nitrogens is 3. The molecular formula is C19H24N4O3S. The van der Waals surface area contributed by atoms with E-state index in [2.05, 4.69) is 14.8 Å². The maximum atomic E-state index is 12.6. The second kappa shape index (κ2) is 8.21. The van der Waals surface area contributed by atoms with E-state index in [1.54, 1.807) is 4.90 Å². The van der Waals surface area contributed by atoms with Gasteiger partial charge in [-0.05, 0) is 30.5 Å². The lowest BCUT2D eigenvalue weighted by atomic mass is 10.2. The van der Waals surface area contributed by atoms with Crippen LogP contribution in [0, 0.1) is 0 Å². The number of amides is 1. The van der Waals surface area contributed by atoms with Crippen molar-refractivity contribution >= 4 is 17.7 Å². The van der Waals surface area contributed by atoms with E-state index in [4.69, 9.17) is 9.47 Å². The molecule has 2 aromatic rings. The fourth-order valence-electron chi connectivity index (χ4n) is 3.35. The van der Waals surface area contributed by atoms with E-state index in [9.17, 15) is 4.79 Å². The summed E-state index contributed by atoms with van der Waals surface area (Å²) in [6.45, 7) is 2.62. The normalized spacial score (nSPS) is 15.7. The number of thioether (sulfide) groups is 1. The highest BCUT2D eigenvalue weighted by Crippen LogP contribution is 2.31. The summed E-state index contributed by atoms with van der Waals surface area (Å²) in [4.78, 5) is 14.3. The first-order chi connectivity index (χ1) is 13.2. The first-order valence-corrected chi connectivity index (χ1v) is 10.4. The van der Waals surface area contributed by atoms with Gasteiger partial charge >= 0.3 is 0 Å². The Morgan fingerprint density at radius 2 is 2.04 bits per heavy atom. The SMILES string of the molecule is CN(Cc1ccc2c(c1)OCCO2)C(=O)CSc1nnc2n1CCCCC2. The summed E-state index contributed by atoms with van der Waals surface area (Å²) in [6, 6.07) is 5.83. The van der Waals surface area contributed by atoms with Crippen LogP contribution in [0.2, 0.25) is 0 Å². The molecule has 0 atom stereocenters. The van der Waals surface area contributed by atoms with Crippen LogP contribution in [-0.4, -0.2) is 51.6 Å². The number of benzene rings is 1. The Hall–Kier alpha value is -2.22. The van der Waals surface area contributed by atoms with E-state index in [0.29, 0.717) is 25.5 Å². The van der Waals surface area contributed by atoms with Gasteiger partial charge in [0.15, 0.2) is 16.7 Å². The Balaban J connectivity index is 1.34. The van der Waals surface area contributed by atoms with Crippen molar-refractivity contribution in [3.63, 3.8) is 0 Å². The fraction of sp³-hybridized carbons (Fsp3) is 0.526. The largest absolute Gasteiger partial charge is 0.486 e. The van der Waals surface area contributed by atoms with Crippen LogP contribution in [0.15, 0.2) is 23.4 Å². The second-order valence-corrected chi connectivity index (χ2v) is 7.82. The molecule has 7 nitrogen and oxygen atoms in total. The van der Waals surface area contributed by atoms with E-state index >= 15 is 0 Å². The molecule has 0 unspecified atom stereocenters. The van der Waals surface area contributed by atoms with E-state index in [0.717, 1.165) is 47.4 Å². The molecule has 4 rings (SSSR count). The summed E-state index contributed by atoms with van der Waals surface area (Å²) in [5.74, 6) is 2.99. The number of carbonyl (C=O) groups excluding carboxylic acids is 1. The molecular weight excluding hydrogens is 364 g/mol. The maximum Gasteiger partial charge on any atom is 0.233 e.